The Balaban J connectivity index is 1.65. The smallest absolute Gasteiger partial charge is 0.344 e. The quantitative estimate of drug-likeness (QED) is 0.402. The van der Waals surface area contributed by atoms with Crippen molar-refractivity contribution in [2.45, 2.75) is 26.2 Å². The highest BCUT2D eigenvalue weighted by Crippen LogP contribution is 2.13. The summed E-state index contributed by atoms with van der Waals surface area (Å²) in [6.07, 6.45) is 5.55. The first-order chi connectivity index (χ1) is 11.7. The van der Waals surface area contributed by atoms with Crippen molar-refractivity contribution in [1.82, 2.24) is 4.98 Å². The van der Waals surface area contributed by atoms with Crippen LogP contribution in [0, 0.1) is 0 Å². The van der Waals surface area contributed by atoms with Gasteiger partial charge in [-0.15, -0.1) is 0 Å². The molecule has 0 saturated carbocycles. The van der Waals surface area contributed by atoms with E-state index in [0.29, 0.717) is 24.3 Å². The average molecular weight is 327 g/mol. The Kier molecular flexibility index (Phi) is 6.95. The number of carbonyl (C=O) groups is 2. The van der Waals surface area contributed by atoms with Crippen molar-refractivity contribution in [2.24, 2.45) is 0 Å². The Morgan fingerprint density at radius 1 is 1.12 bits per heavy atom. The Morgan fingerprint density at radius 3 is 2.58 bits per heavy atom. The molecule has 0 bridgehead atoms. The van der Waals surface area contributed by atoms with Gasteiger partial charge in [0.05, 0.1) is 6.61 Å². The molecular weight excluding hydrogens is 306 g/mol. The molecule has 0 unspecified atom stereocenters. The molecule has 24 heavy (non-hydrogen) atoms. The number of ketones is 1. The summed E-state index contributed by atoms with van der Waals surface area (Å²) in [5, 5.41) is 0. The Hall–Kier alpha value is -2.69. The number of rotatable bonds is 9. The van der Waals surface area contributed by atoms with Crippen LogP contribution in [0.4, 0.5) is 0 Å². The van der Waals surface area contributed by atoms with Crippen LogP contribution in [0.15, 0.2) is 48.8 Å². The standard InChI is InChI=1S/C19H21NO4/c1-2-18(21)16-7-9-17(10-8-16)24-14-19(22)23-12-4-6-15-5-3-11-20-13-15/h3,5,7-11,13H,2,4,6,12,14H2,1H3. The van der Waals surface area contributed by atoms with E-state index in [4.69, 9.17) is 9.47 Å². The molecule has 1 heterocycles. The molecular formula is C19H21NO4. The topological polar surface area (TPSA) is 65.5 Å². The summed E-state index contributed by atoms with van der Waals surface area (Å²) in [5.74, 6) is 0.208. The van der Waals surface area contributed by atoms with E-state index in [9.17, 15) is 9.59 Å². The normalized spacial score (nSPS) is 10.2. The van der Waals surface area contributed by atoms with E-state index in [1.165, 1.54) is 0 Å². The number of pyridine rings is 1. The molecule has 5 nitrogen and oxygen atoms in total. The van der Waals surface area contributed by atoms with Crippen molar-refractivity contribution < 1.29 is 19.1 Å². The molecule has 5 heteroatoms. The van der Waals surface area contributed by atoms with Gasteiger partial charge in [-0.3, -0.25) is 9.78 Å². The third-order valence-corrected chi connectivity index (χ3v) is 3.45. The molecule has 0 amide bonds. The van der Waals surface area contributed by atoms with E-state index in [0.717, 1.165) is 18.4 Å². The fourth-order valence-corrected chi connectivity index (χ4v) is 2.13. The number of carbonyl (C=O) groups excluding carboxylic acids is 2. The van der Waals surface area contributed by atoms with Crippen LogP contribution in [0.1, 0.15) is 35.7 Å². The number of Topliss-reactive ketones (excluding diaryl/α,β-unsaturated/α-hetero) is 1. The molecule has 0 aliphatic rings. The highest BCUT2D eigenvalue weighted by Gasteiger charge is 2.06. The zero-order valence-corrected chi connectivity index (χ0v) is 13.7. The summed E-state index contributed by atoms with van der Waals surface area (Å²) in [5.41, 5.74) is 1.76. The molecule has 126 valence electrons. The van der Waals surface area contributed by atoms with E-state index >= 15 is 0 Å². The SMILES string of the molecule is CCC(=O)c1ccc(OCC(=O)OCCCc2cccnc2)cc1. The number of nitrogens with zero attached hydrogens (tertiary/aromatic N) is 1. The molecule has 0 atom stereocenters. The van der Waals surface area contributed by atoms with Gasteiger partial charge in [-0.25, -0.2) is 4.79 Å². The van der Waals surface area contributed by atoms with Crippen LogP contribution in [0.5, 0.6) is 5.75 Å². The predicted molar refractivity (Wildman–Crippen MR) is 90.1 cm³/mol. The lowest BCUT2D eigenvalue weighted by Gasteiger charge is -2.07. The van der Waals surface area contributed by atoms with Gasteiger partial charge < -0.3 is 9.47 Å². The lowest BCUT2D eigenvalue weighted by Crippen LogP contribution is -2.15. The van der Waals surface area contributed by atoms with Gasteiger partial charge in [-0.2, -0.15) is 0 Å². The number of hydrogen-bond donors (Lipinski definition) is 0. The number of aromatic nitrogens is 1. The van der Waals surface area contributed by atoms with E-state index in [-0.39, 0.29) is 12.4 Å². The van der Waals surface area contributed by atoms with E-state index in [1.807, 2.05) is 19.1 Å². The van der Waals surface area contributed by atoms with E-state index in [2.05, 4.69) is 4.98 Å². The minimum Gasteiger partial charge on any atom is -0.482 e. The first-order valence-corrected chi connectivity index (χ1v) is 7.99. The molecule has 2 rings (SSSR count). The summed E-state index contributed by atoms with van der Waals surface area (Å²) >= 11 is 0. The number of aryl methyl sites for hydroxylation is 1. The van der Waals surface area contributed by atoms with Crippen molar-refractivity contribution in [3.8, 4) is 5.75 Å². The van der Waals surface area contributed by atoms with Crippen LogP contribution in [0.2, 0.25) is 0 Å². The van der Waals surface area contributed by atoms with Gasteiger partial charge in [0, 0.05) is 24.4 Å². The minimum absolute atomic E-state index is 0.0783. The van der Waals surface area contributed by atoms with Crippen molar-refractivity contribution in [2.75, 3.05) is 13.2 Å². The van der Waals surface area contributed by atoms with Crippen molar-refractivity contribution in [1.29, 1.82) is 0 Å². The summed E-state index contributed by atoms with van der Waals surface area (Å²) < 4.78 is 10.5. The number of esters is 1. The van der Waals surface area contributed by atoms with Crippen LogP contribution < -0.4 is 4.74 Å². The van der Waals surface area contributed by atoms with Gasteiger partial charge in [0.25, 0.3) is 0 Å². The van der Waals surface area contributed by atoms with Crippen LogP contribution >= 0.6 is 0 Å². The predicted octanol–water partition coefficient (Wildman–Crippen LogP) is 3.23. The van der Waals surface area contributed by atoms with Crippen molar-refractivity contribution in [3.05, 3.63) is 59.9 Å². The molecule has 0 aliphatic carbocycles. The van der Waals surface area contributed by atoms with E-state index in [1.54, 1.807) is 36.7 Å². The highest BCUT2D eigenvalue weighted by molar-refractivity contribution is 5.95. The maximum absolute atomic E-state index is 11.6. The minimum atomic E-state index is -0.408. The molecule has 0 spiro atoms. The van der Waals surface area contributed by atoms with Crippen molar-refractivity contribution >= 4 is 11.8 Å². The summed E-state index contributed by atoms with van der Waals surface area (Å²) in [6, 6.07) is 10.6. The second-order valence-electron chi connectivity index (χ2n) is 5.28. The summed E-state index contributed by atoms with van der Waals surface area (Å²) in [7, 11) is 0. The number of benzene rings is 1. The lowest BCUT2D eigenvalue weighted by atomic mass is 10.1. The Labute approximate surface area is 141 Å². The van der Waals surface area contributed by atoms with Crippen LogP contribution in [0.3, 0.4) is 0 Å². The molecule has 0 aliphatic heterocycles. The van der Waals surface area contributed by atoms with Gasteiger partial charge >= 0.3 is 5.97 Å². The maximum atomic E-state index is 11.6. The van der Waals surface area contributed by atoms with Crippen LogP contribution in [0.25, 0.3) is 0 Å². The maximum Gasteiger partial charge on any atom is 0.344 e. The first-order valence-electron chi connectivity index (χ1n) is 7.99. The molecule has 1 aromatic carbocycles. The fourth-order valence-electron chi connectivity index (χ4n) is 2.13. The van der Waals surface area contributed by atoms with Gasteiger partial charge in [0.15, 0.2) is 12.4 Å². The molecule has 0 fully saturated rings. The Bertz CT molecular complexity index is 653. The van der Waals surface area contributed by atoms with Gasteiger partial charge in [-0.05, 0) is 48.7 Å². The zero-order valence-electron chi connectivity index (χ0n) is 13.7. The molecule has 0 saturated heterocycles. The molecule has 2 aromatic rings. The van der Waals surface area contributed by atoms with Gasteiger partial charge in [-0.1, -0.05) is 13.0 Å². The summed E-state index contributed by atoms with van der Waals surface area (Å²) in [4.78, 5) is 27.2. The molecule has 0 radical (unpaired) electrons. The van der Waals surface area contributed by atoms with Gasteiger partial charge in [0.1, 0.15) is 5.75 Å². The molecule has 1 aromatic heterocycles. The van der Waals surface area contributed by atoms with Gasteiger partial charge in [0.2, 0.25) is 0 Å². The largest absolute Gasteiger partial charge is 0.482 e. The second-order valence-corrected chi connectivity index (χ2v) is 5.28. The monoisotopic (exact) mass is 327 g/mol. The lowest BCUT2D eigenvalue weighted by molar-refractivity contribution is -0.146. The number of ether oxygens (including phenoxy) is 2. The average Bonchev–Trinajstić information content (AvgIpc) is 2.64. The first kappa shape index (κ1) is 17.7. The fraction of sp³-hybridized carbons (Fsp3) is 0.316. The summed E-state index contributed by atoms with van der Waals surface area (Å²) in [6.45, 7) is 2.02. The third-order valence-electron chi connectivity index (χ3n) is 3.45. The van der Waals surface area contributed by atoms with Crippen LogP contribution in [-0.2, 0) is 16.0 Å². The highest BCUT2D eigenvalue weighted by atomic mass is 16.6. The van der Waals surface area contributed by atoms with Crippen molar-refractivity contribution in [3.63, 3.8) is 0 Å². The zero-order chi connectivity index (χ0) is 17.2. The number of hydrogen-bond acceptors (Lipinski definition) is 5. The Morgan fingerprint density at radius 2 is 1.92 bits per heavy atom. The third kappa shape index (κ3) is 5.83. The second kappa shape index (κ2) is 9.45. The van der Waals surface area contributed by atoms with E-state index < -0.39 is 5.97 Å². The molecule has 0 N–H and O–H groups in total. The van der Waals surface area contributed by atoms with Crippen LogP contribution in [-0.4, -0.2) is 30.0 Å².